The molecule has 0 saturated heterocycles. The Morgan fingerprint density at radius 3 is 2.82 bits per heavy atom. The fourth-order valence-electron chi connectivity index (χ4n) is 2.05. The molecule has 0 aliphatic heterocycles. The predicted octanol–water partition coefficient (Wildman–Crippen LogP) is 1.46. The Balaban J connectivity index is 1.85. The molecule has 0 fully saturated rings. The summed E-state index contributed by atoms with van der Waals surface area (Å²) in [7, 11) is 1.60. The molecule has 1 aromatic heterocycles. The first-order valence-corrected chi connectivity index (χ1v) is 7.12. The number of amides is 1. The molecule has 118 valence electrons. The fourth-order valence-corrected chi connectivity index (χ4v) is 2.05. The minimum atomic E-state index is -0.0922. The van der Waals surface area contributed by atoms with Gasteiger partial charge in [-0.1, -0.05) is 12.1 Å². The number of methoxy groups -OCH3 is 1. The molecule has 22 heavy (non-hydrogen) atoms. The molecule has 0 saturated carbocycles. The molecule has 0 aliphatic carbocycles. The lowest BCUT2D eigenvalue weighted by Gasteiger charge is -2.21. The minimum Gasteiger partial charge on any atom is -0.495 e. The number of aromatic nitrogens is 3. The molecule has 1 heterocycles. The first kappa shape index (κ1) is 15.8. The van der Waals surface area contributed by atoms with Crippen LogP contribution in [0.15, 0.2) is 36.9 Å². The smallest absolute Gasteiger partial charge is 0.239 e. The van der Waals surface area contributed by atoms with Crippen LogP contribution in [0.2, 0.25) is 0 Å². The van der Waals surface area contributed by atoms with E-state index in [1.165, 1.54) is 6.33 Å². The van der Waals surface area contributed by atoms with Gasteiger partial charge >= 0.3 is 0 Å². The summed E-state index contributed by atoms with van der Waals surface area (Å²) in [6.07, 6.45) is 3.12. The van der Waals surface area contributed by atoms with Gasteiger partial charge in [-0.05, 0) is 26.0 Å². The molecule has 0 aliphatic rings. The van der Waals surface area contributed by atoms with Crippen molar-refractivity contribution < 1.29 is 9.53 Å². The number of nitrogens with zero attached hydrogens (tertiary/aromatic N) is 3. The maximum atomic E-state index is 12.0. The second-order valence-corrected chi connectivity index (χ2v) is 5.03. The third-order valence-corrected chi connectivity index (χ3v) is 3.51. The quantitative estimate of drug-likeness (QED) is 0.809. The van der Waals surface area contributed by atoms with Gasteiger partial charge in [0.05, 0.1) is 25.4 Å². The van der Waals surface area contributed by atoms with Crippen LogP contribution in [0, 0.1) is 0 Å². The average Bonchev–Trinajstić information content (AvgIpc) is 3.06. The van der Waals surface area contributed by atoms with Gasteiger partial charge in [-0.3, -0.25) is 4.79 Å². The molecule has 0 radical (unpaired) electrons. The molecule has 2 rings (SSSR count). The zero-order valence-corrected chi connectivity index (χ0v) is 13.0. The van der Waals surface area contributed by atoms with Crippen LogP contribution in [0.3, 0.4) is 0 Å². The lowest BCUT2D eigenvalue weighted by molar-refractivity contribution is -0.120. The third kappa shape index (κ3) is 3.97. The molecule has 1 amide bonds. The zero-order chi connectivity index (χ0) is 15.9. The number of hydrogen-bond acceptors (Lipinski definition) is 5. The van der Waals surface area contributed by atoms with Gasteiger partial charge in [-0.15, -0.1) is 0 Å². The highest BCUT2D eigenvalue weighted by Crippen LogP contribution is 2.22. The second-order valence-electron chi connectivity index (χ2n) is 5.03. The Morgan fingerprint density at radius 1 is 1.36 bits per heavy atom. The van der Waals surface area contributed by atoms with E-state index >= 15 is 0 Å². The first-order valence-electron chi connectivity index (χ1n) is 7.12. The van der Waals surface area contributed by atoms with E-state index in [0.717, 1.165) is 5.69 Å². The van der Waals surface area contributed by atoms with Crippen molar-refractivity contribution in [2.75, 3.05) is 19.0 Å². The molecule has 2 N–H and O–H groups in total. The summed E-state index contributed by atoms with van der Waals surface area (Å²) in [4.78, 5) is 16.0. The SMILES string of the molecule is COc1ccccc1NCC(=O)NC(C)C(C)n1cncn1. The van der Waals surface area contributed by atoms with Crippen LogP contribution in [0.4, 0.5) is 5.69 Å². The first-order chi connectivity index (χ1) is 10.6. The topological polar surface area (TPSA) is 81.1 Å². The van der Waals surface area contributed by atoms with Crippen LogP contribution in [0.25, 0.3) is 0 Å². The second kappa shape index (κ2) is 7.44. The van der Waals surface area contributed by atoms with E-state index in [-0.39, 0.29) is 24.5 Å². The van der Waals surface area contributed by atoms with Gasteiger partial charge in [0, 0.05) is 6.04 Å². The summed E-state index contributed by atoms with van der Waals surface area (Å²) in [6.45, 7) is 4.09. The van der Waals surface area contributed by atoms with E-state index in [4.69, 9.17) is 4.74 Å². The number of hydrogen-bond donors (Lipinski definition) is 2. The predicted molar refractivity (Wildman–Crippen MR) is 83.8 cm³/mol. The maximum absolute atomic E-state index is 12.0. The van der Waals surface area contributed by atoms with Crippen molar-refractivity contribution >= 4 is 11.6 Å². The average molecular weight is 303 g/mol. The largest absolute Gasteiger partial charge is 0.495 e. The molecule has 0 bridgehead atoms. The van der Waals surface area contributed by atoms with Gasteiger partial charge in [0.25, 0.3) is 0 Å². The van der Waals surface area contributed by atoms with Gasteiger partial charge in [-0.2, -0.15) is 5.10 Å². The van der Waals surface area contributed by atoms with Crippen molar-refractivity contribution in [3.63, 3.8) is 0 Å². The van der Waals surface area contributed by atoms with Crippen LogP contribution in [-0.2, 0) is 4.79 Å². The lowest BCUT2D eigenvalue weighted by atomic mass is 10.2. The van der Waals surface area contributed by atoms with E-state index < -0.39 is 0 Å². The molecule has 2 atom stereocenters. The summed E-state index contributed by atoms with van der Waals surface area (Å²) in [5, 5.41) is 10.1. The molecule has 7 nitrogen and oxygen atoms in total. The van der Waals surface area contributed by atoms with E-state index in [1.807, 2.05) is 38.1 Å². The van der Waals surface area contributed by atoms with Gasteiger partial charge in [0.1, 0.15) is 18.4 Å². The molecular weight excluding hydrogens is 282 g/mol. The van der Waals surface area contributed by atoms with Gasteiger partial charge < -0.3 is 15.4 Å². The van der Waals surface area contributed by atoms with E-state index in [0.29, 0.717) is 5.75 Å². The molecular formula is C15H21N5O2. The summed E-state index contributed by atoms with van der Waals surface area (Å²) in [5.74, 6) is 0.615. The molecule has 2 unspecified atom stereocenters. The van der Waals surface area contributed by atoms with E-state index in [2.05, 4.69) is 20.7 Å². The van der Waals surface area contributed by atoms with Crippen molar-refractivity contribution in [1.29, 1.82) is 0 Å². The summed E-state index contributed by atoms with van der Waals surface area (Å²) in [5.41, 5.74) is 0.789. The molecule has 1 aromatic carbocycles. The third-order valence-electron chi connectivity index (χ3n) is 3.51. The van der Waals surface area contributed by atoms with Gasteiger partial charge in [-0.25, -0.2) is 9.67 Å². The maximum Gasteiger partial charge on any atom is 0.239 e. The van der Waals surface area contributed by atoms with Gasteiger partial charge in [0.15, 0.2) is 0 Å². The normalized spacial score (nSPS) is 13.2. The van der Waals surface area contributed by atoms with E-state index in [1.54, 1.807) is 18.1 Å². The van der Waals surface area contributed by atoms with Crippen molar-refractivity contribution in [2.45, 2.75) is 25.9 Å². The number of carbonyl (C=O) groups excluding carboxylic acids is 1. The number of para-hydroxylation sites is 2. The van der Waals surface area contributed by atoms with E-state index in [9.17, 15) is 4.79 Å². The summed E-state index contributed by atoms with van der Waals surface area (Å²) >= 11 is 0. The Bertz CT molecular complexity index is 600. The molecule has 0 spiro atoms. The monoisotopic (exact) mass is 303 g/mol. The summed E-state index contributed by atoms with van der Waals surface area (Å²) < 4.78 is 6.95. The van der Waals surface area contributed by atoms with Crippen LogP contribution < -0.4 is 15.4 Å². The minimum absolute atomic E-state index is 0.0257. The Hall–Kier alpha value is -2.57. The fraction of sp³-hybridized carbons (Fsp3) is 0.400. The van der Waals surface area contributed by atoms with Gasteiger partial charge in [0.2, 0.25) is 5.91 Å². The van der Waals surface area contributed by atoms with Crippen molar-refractivity contribution in [1.82, 2.24) is 20.1 Å². The molecule has 7 heteroatoms. The van der Waals surface area contributed by atoms with Crippen LogP contribution >= 0.6 is 0 Å². The summed E-state index contributed by atoms with van der Waals surface area (Å²) in [6, 6.07) is 7.44. The van der Waals surface area contributed by atoms with Crippen molar-refractivity contribution in [3.8, 4) is 5.75 Å². The van der Waals surface area contributed by atoms with Crippen LogP contribution in [0.1, 0.15) is 19.9 Å². The van der Waals surface area contributed by atoms with Crippen molar-refractivity contribution in [3.05, 3.63) is 36.9 Å². The van der Waals surface area contributed by atoms with Crippen LogP contribution in [-0.4, -0.2) is 40.4 Å². The zero-order valence-electron chi connectivity index (χ0n) is 13.0. The highest BCUT2D eigenvalue weighted by Gasteiger charge is 2.16. The van der Waals surface area contributed by atoms with Crippen LogP contribution in [0.5, 0.6) is 5.75 Å². The Labute approximate surface area is 129 Å². The lowest BCUT2D eigenvalue weighted by Crippen LogP contribution is -2.41. The standard InChI is InChI=1S/C15H21N5O2/c1-11(12(2)20-10-16-9-18-20)19-15(21)8-17-13-6-4-5-7-14(13)22-3/h4-7,9-12,17H,8H2,1-3H3,(H,19,21). The number of ether oxygens (including phenoxy) is 1. The Kier molecular flexibility index (Phi) is 5.35. The number of anilines is 1. The number of nitrogens with one attached hydrogen (secondary N) is 2. The molecule has 2 aromatic rings. The Morgan fingerprint density at radius 2 is 2.14 bits per heavy atom. The highest BCUT2D eigenvalue weighted by molar-refractivity contribution is 5.81. The van der Waals surface area contributed by atoms with Crippen molar-refractivity contribution in [2.24, 2.45) is 0 Å². The highest BCUT2D eigenvalue weighted by atomic mass is 16.5. The number of rotatable bonds is 7. The number of carbonyl (C=O) groups is 1. The number of benzene rings is 1.